The number of piperidine rings is 1. The van der Waals surface area contributed by atoms with E-state index in [-0.39, 0.29) is 5.92 Å². The minimum atomic E-state index is 0.149. The van der Waals surface area contributed by atoms with Crippen LogP contribution in [0.2, 0.25) is 0 Å². The summed E-state index contributed by atoms with van der Waals surface area (Å²) in [6.45, 7) is 12.5. The third kappa shape index (κ3) is 3.88. The van der Waals surface area contributed by atoms with Crippen LogP contribution in [0.25, 0.3) is 0 Å². The molecule has 0 saturated carbocycles. The molecule has 0 N–H and O–H groups in total. The van der Waals surface area contributed by atoms with E-state index in [2.05, 4.69) is 31.7 Å². The molecule has 1 amide bonds. The van der Waals surface area contributed by atoms with Gasteiger partial charge in [-0.1, -0.05) is 0 Å². The van der Waals surface area contributed by atoms with Crippen molar-refractivity contribution >= 4 is 5.91 Å². The van der Waals surface area contributed by atoms with E-state index in [9.17, 15) is 4.79 Å². The second-order valence-electron chi connectivity index (χ2n) is 6.04. The van der Waals surface area contributed by atoms with Gasteiger partial charge in [-0.15, -0.1) is 0 Å². The average molecular weight is 292 g/mol. The van der Waals surface area contributed by atoms with Crippen LogP contribution in [0.3, 0.4) is 0 Å². The van der Waals surface area contributed by atoms with Gasteiger partial charge in [-0.05, 0) is 58.7 Å². The highest BCUT2D eigenvalue weighted by molar-refractivity contribution is 5.79. The summed E-state index contributed by atoms with van der Waals surface area (Å²) in [7, 11) is 0. The lowest BCUT2D eigenvalue weighted by Gasteiger charge is -2.34. The van der Waals surface area contributed by atoms with Crippen molar-refractivity contribution in [3.8, 4) is 0 Å². The fraction of sp³-hybridized carbons (Fsp3) is 0.706. The highest BCUT2D eigenvalue weighted by Gasteiger charge is 2.28. The Labute approximate surface area is 128 Å². The Morgan fingerprint density at radius 3 is 2.67 bits per heavy atom. The molecular formula is C17H28N2O2. The van der Waals surface area contributed by atoms with E-state index in [1.165, 1.54) is 5.56 Å². The lowest BCUT2D eigenvalue weighted by atomic mass is 9.96. The van der Waals surface area contributed by atoms with E-state index in [4.69, 9.17) is 4.42 Å². The number of carbonyl (C=O) groups excluding carboxylic acids is 1. The number of hydrogen-bond acceptors (Lipinski definition) is 3. The predicted molar refractivity (Wildman–Crippen MR) is 84.1 cm³/mol. The number of hydrogen-bond donors (Lipinski definition) is 0. The van der Waals surface area contributed by atoms with E-state index in [1.807, 2.05) is 11.8 Å². The minimum absolute atomic E-state index is 0.149. The van der Waals surface area contributed by atoms with Crippen LogP contribution in [0.1, 0.15) is 43.8 Å². The third-order valence-electron chi connectivity index (χ3n) is 4.53. The Morgan fingerprint density at radius 2 is 2.10 bits per heavy atom. The van der Waals surface area contributed by atoms with Gasteiger partial charge in [-0.2, -0.15) is 0 Å². The van der Waals surface area contributed by atoms with E-state index in [0.29, 0.717) is 5.91 Å². The summed E-state index contributed by atoms with van der Waals surface area (Å²) in [5, 5.41) is 0. The van der Waals surface area contributed by atoms with Crippen molar-refractivity contribution in [3.05, 3.63) is 23.2 Å². The Kier molecular flexibility index (Phi) is 5.45. The molecule has 0 radical (unpaired) electrons. The second-order valence-corrected chi connectivity index (χ2v) is 6.04. The number of carbonyl (C=O) groups is 1. The number of aryl methyl sites for hydroxylation is 2. The van der Waals surface area contributed by atoms with Crippen molar-refractivity contribution in [2.45, 2.75) is 47.1 Å². The summed E-state index contributed by atoms with van der Waals surface area (Å²) < 4.78 is 5.77. The molecule has 1 atom stereocenters. The fourth-order valence-electron chi connectivity index (χ4n) is 3.14. The lowest BCUT2D eigenvalue weighted by Crippen LogP contribution is -2.44. The Morgan fingerprint density at radius 1 is 1.38 bits per heavy atom. The molecule has 1 fully saturated rings. The molecule has 1 aliphatic rings. The molecule has 2 rings (SSSR count). The molecule has 1 aromatic heterocycles. The minimum Gasteiger partial charge on any atom is -0.465 e. The Bertz CT molecular complexity index is 458. The van der Waals surface area contributed by atoms with Gasteiger partial charge in [0.15, 0.2) is 0 Å². The highest BCUT2D eigenvalue weighted by atomic mass is 16.3. The first-order chi connectivity index (χ1) is 10.0. The van der Waals surface area contributed by atoms with Crippen molar-refractivity contribution in [2.75, 3.05) is 26.2 Å². The zero-order chi connectivity index (χ0) is 15.4. The first kappa shape index (κ1) is 16.1. The monoisotopic (exact) mass is 292 g/mol. The van der Waals surface area contributed by atoms with Gasteiger partial charge in [0, 0.05) is 19.6 Å². The molecule has 1 saturated heterocycles. The Balaban J connectivity index is 1.95. The van der Waals surface area contributed by atoms with Crippen LogP contribution in [0.5, 0.6) is 0 Å². The van der Waals surface area contributed by atoms with Crippen LogP contribution in [0.4, 0.5) is 0 Å². The molecule has 1 aromatic rings. The maximum Gasteiger partial charge on any atom is 0.226 e. The predicted octanol–water partition coefficient (Wildman–Crippen LogP) is 2.98. The highest BCUT2D eigenvalue weighted by Crippen LogP contribution is 2.22. The van der Waals surface area contributed by atoms with Gasteiger partial charge >= 0.3 is 0 Å². The molecule has 0 spiro atoms. The summed E-state index contributed by atoms with van der Waals surface area (Å²) in [5.74, 6) is 2.48. The van der Waals surface area contributed by atoms with E-state index >= 15 is 0 Å². The van der Waals surface area contributed by atoms with Crippen LogP contribution in [0, 0.1) is 19.8 Å². The number of likely N-dealkylation sites (tertiary alicyclic amines) is 1. The molecule has 0 aromatic carbocycles. The molecular weight excluding hydrogens is 264 g/mol. The van der Waals surface area contributed by atoms with Crippen LogP contribution in [-0.2, 0) is 11.3 Å². The SMILES string of the molecule is CCN(CC)C(=O)C1CCCN(Cc2cc(C)c(C)o2)C1. The van der Waals surface area contributed by atoms with Crippen LogP contribution in [0.15, 0.2) is 10.5 Å². The van der Waals surface area contributed by atoms with Crippen LogP contribution >= 0.6 is 0 Å². The zero-order valence-corrected chi connectivity index (χ0v) is 13.8. The Hall–Kier alpha value is -1.29. The molecule has 0 aliphatic carbocycles. The summed E-state index contributed by atoms with van der Waals surface area (Å²) >= 11 is 0. The topological polar surface area (TPSA) is 36.7 Å². The van der Waals surface area contributed by atoms with Gasteiger partial charge in [0.1, 0.15) is 11.5 Å². The summed E-state index contributed by atoms with van der Waals surface area (Å²) in [4.78, 5) is 16.8. The molecule has 4 heteroatoms. The maximum atomic E-state index is 12.5. The third-order valence-corrected chi connectivity index (χ3v) is 4.53. The zero-order valence-electron chi connectivity index (χ0n) is 13.8. The van der Waals surface area contributed by atoms with Gasteiger partial charge < -0.3 is 9.32 Å². The molecule has 1 unspecified atom stereocenters. The van der Waals surface area contributed by atoms with Crippen molar-refractivity contribution in [2.24, 2.45) is 5.92 Å². The molecule has 1 aliphatic heterocycles. The first-order valence-corrected chi connectivity index (χ1v) is 8.12. The second kappa shape index (κ2) is 7.12. The van der Waals surface area contributed by atoms with Crippen molar-refractivity contribution in [1.29, 1.82) is 0 Å². The van der Waals surface area contributed by atoms with Gasteiger partial charge in [0.05, 0.1) is 12.5 Å². The first-order valence-electron chi connectivity index (χ1n) is 8.12. The smallest absolute Gasteiger partial charge is 0.226 e. The van der Waals surface area contributed by atoms with Crippen LogP contribution in [-0.4, -0.2) is 41.9 Å². The molecule has 21 heavy (non-hydrogen) atoms. The average Bonchev–Trinajstić information content (AvgIpc) is 2.78. The summed E-state index contributed by atoms with van der Waals surface area (Å²) in [6.07, 6.45) is 2.11. The van der Waals surface area contributed by atoms with Crippen molar-refractivity contribution in [1.82, 2.24) is 9.80 Å². The number of rotatable bonds is 5. The number of nitrogens with zero attached hydrogens (tertiary/aromatic N) is 2. The van der Waals surface area contributed by atoms with Crippen LogP contribution < -0.4 is 0 Å². The summed E-state index contributed by atoms with van der Waals surface area (Å²) in [6, 6.07) is 2.12. The molecule has 118 valence electrons. The standard InChI is InChI=1S/C17H28N2O2/c1-5-19(6-2)17(20)15-8-7-9-18(11-15)12-16-10-13(3)14(4)21-16/h10,15H,5-9,11-12H2,1-4H3. The van der Waals surface area contributed by atoms with Gasteiger partial charge in [-0.3, -0.25) is 9.69 Å². The largest absolute Gasteiger partial charge is 0.465 e. The molecule has 2 heterocycles. The number of amides is 1. The summed E-state index contributed by atoms with van der Waals surface area (Å²) in [5.41, 5.74) is 1.21. The van der Waals surface area contributed by atoms with E-state index < -0.39 is 0 Å². The fourth-order valence-corrected chi connectivity index (χ4v) is 3.14. The van der Waals surface area contributed by atoms with Gasteiger partial charge in [-0.25, -0.2) is 0 Å². The quantitative estimate of drug-likeness (QED) is 0.837. The normalized spacial score (nSPS) is 19.7. The van der Waals surface area contributed by atoms with Crippen molar-refractivity contribution in [3.63, 3.8) is 0 Å². The molecule has 4 nitrogen and oxygen atoms in total. The molecule has 0 bridgehead atoms. The lowest BCUT2D eigenvalue weighted by molar-refractivity contribution is -0.137. The number of furan rings is 1. The van der Waals surface area contributed by atoms with Crippen molar-refractivity contribution < 1.29 is 9.21 Å². The maximum absolute atomic E-state index is 12.5. The van der Waals surface area contributed by atoms with E-state index in [1.54, 1.807) is 0 Å². The van der Waals surface area contributed by atoms with E-state index in [0.717, 1.165) is 57.1 Å². The van der Waals surface area contributed by atoms with Gasteiger partial charge in [0.25, 0.3) is 0 Å². The van der Waals surface area contributed by atoms with Gasteiger partial charge in [0.2, 0.25) is 5.91 Å².